The van der Waals surface area contributed by atoms with Gasteiger partial charge < -0.3 is 10.6 Å². The van der Waals surface area contributed by atoms with Crippen LogP contribution in [0.4, 0.5) is 5.69 Å². The third-order valence-corrected chi connectivity index (χ3v) is 3.99. The van der Waals surface area contributed by atoms with Crippen LogP contribution in [-0.4, -0.2) is 19.1 Å². The lowest BCUT2D eigenvalue weighted by molar-refractivity contribution is 0.643. The summed E-state index contributed by atoms with van der Waals surface area (Å²) >= 11 is 0. The average molecular weight is 248 g/mol. The summed E-state index contributed by atoms with van der Waals surface area (Å²) in [5.41, 5.74) is 10.1. The van der Waals surface area contributed by atoms with Crippen molar-refractivity contribution in [3.63, 3.8) is 0 Å². The van der Waals surface area contributed by atoms with Crippen LogP contribution in [0.3, 0.4) is 0 Å². The summed E-state index contributed by atoms with van der Waals surface area (Å²) in [7, 11) is 2.17. The molecule has 2 nitrogen and oxygen atoms in total. The Morgan fingerprint density at radius 3 is 2.39 bits per heavy atom. The van der Waals surface area contributed by atoms with E-state index in [1.54, 1.807) is 0 Å². The van der Waals surface area contributed by atoms with Gasteiger partial charge in [-0.3, -0.25) is 0 Å². The fourth-order valence-electron chi connectivity index (χ4n) is 2.08. The van der Waals surface area contributed by atoms with Crippen LogP contribution in [0.1, 0.15) is 44.7 Å². The Morgan fingerprint density at radius 1 is 1.22 bits per heavy atom. The lowest BCUT2D eigenvalue weighted by Gasteiger charge is -2.27. The lowest BCUT2D eigenvalue weighted by atomic mass is 9.99. The van der Waals surface area contributed by atoms with Gasteiger partial charge >= 0.3 is 0 Å². The maximum atomic E-state index is 6.03. The molecule has 1 aromatic carbocycles. The molecule has 2 unspecified atom stereocenters. The lowest BCUT2D eigenvalue weighted by Crippen LogP contribution is -2.28. The smallest absolute Gasteiger partial charge is 0.0368 e. The topological polar surface area (TPSA) is 29.3 Å². The van der Waals surface area contributed by atoms with E-state index in [2.05, 4.69) is 57.8 Å². The van der Waals surface area contributed by atoms with Crippen molar-refractivity contribution in [1.82, 2.24) is 0 Å². The van der Waals surface area contributed by atoms with E-state index in [-0.39, 0.29) is 6.04 Å². The highest BCUT2D eigenvalue weighted by molar-refractivity contribution is 5.51. The molecule has 0 fully saturated rings. The Balaban J connectivity index is 2.85. The van der Waals surface area contributed by atoms with E-state index in [1.807, 2.05) is 0 Å². The highest BCUT2D eigenvalue weighted by Gasteiger charge is 2.10. The Hall–Kier alpha value is -1.02. The van der Waals surface area contributed by atoms with Gasteiger partial charge in [0.2, 0.25) is 0 Å². The van der Waals surface area contributed by atoms with Gasteiger partial charge in [0.1, 0.15) is 0 Å². The molecule has 1 rings (SSSR count). The van der Waals surface area contributed by atoms with Gasteiger partial charge in [0.15, 0.2) is 0 Å². The predicted molar refractivity (Wildman–Crippen MR) is 81.3 cm³/mol. The Kier molecular flexibility index (Phi) is 5.67. The highest BCUT2D eigenvalue weighted by Crippen LogP contribution is 2.21. The number of rotatable bonds is 6. The van der Waals surface area contributed by atoms with Crippen LogP contribution in [0.25, 0.3) is 0 Å². The van der Waals surface area contributed by atoms with Crippen LogP contribution >= 0.6 is 0 Å². The van der Waals surface area contributed by atoms with Gasteiger partial charge in [0.05, 0.1) is 0 Å². The molecule has 0 saturated carbocycles. The zero-order valence-electron chi connectivity index (χ0n) is 12.5. The van der Waals surface area contributed by atoms with Crippen molar-refractivity contribution in [2.75, 3.05) is 11.9 Å². The van der Waals surface area contributed by atoms with Gasteiger partial charge in [-0.25, -0.2) is 0 Å². The number of nitrogens with zero attached hydrogens (tertiary/aromatic N) is 1. The molecule has 0 saturated heterocycles. The van der Waals surface area contributed by atoms with E-state index in [9.17, 15) is 0 Å². The van der Waals surface area contributed by atoms with Gasteiger partial charge in [-0.2, -0.15) is 0 Å². The molecule has 102 valence electrons. The van der Waals surface area contributed by atoms with Crippen LogP contribution in [-0.2, 0) is 6.42 Å². The van der Waals surface area contributed by atoms with E-state index < -0.39 is 0 Å². The van der Waals surface area contributed by atoms with Crippen molar-refractivity contribution in [2.24, 2.45) is 5.73 Å². The summed E-state index contributed by atoms with van der Waals surface area (Å²) in [5.74, 6) is 0. The summed E-state index contributed by atoms with van der Waals surface area (Å²) in [6.07, 6.45) is 3.18. The van der Waals surface area contributed by atoms with Gasteiger partial charge in [0.25, 0.3) is 0 Å². The largest absolute Gasteiger partial charge is 0.372 e. The molecule has 2 atom stereocenters. The van der Waals surface area contributed by atoms with E-state index >= 15 is 0 Å². The first-order chi connectivity index (χ1) is 8.49. The maximum absolute atomic E-state index is 6.03. The zero-order valence-corrected chi connectivity index (χ0v) is 12.5. The molecule has 2 N–H and O–H groups in total. The molecule has 0 spiro atoms. The highest BCUT2D eigenvalue weighted by atomic mass is 15.1. The molecular formula is C16H28N2. The minimum Gasteiger partial charge on any atom is -0.372 e. The van der Waals surface area contributed by atoms with Crippen molar-refractivity contribution < 1.29 is 0 Å². The number of anilines is 1. The molecule has 2 heteroatoms. The maximum Gasteiger partial charge on any atom is 0.0368 e. The number of nitrogens with two attached hydrogens (primary N) is 1. The number of hydrogen-bond donors (Lipinski definition) is 1. The third-order valence-electron chi connectivity index (χ3n) is 3.99. The first kappa shape index (κ1) is 15.0. The monoisotopic (exact) mass is 248 g/mol. The molecule has 0 aliphatic carbocycles. The normalized spacial score (nSPS) is 14.3. The molecule has 0 radical (unpaired) electrons. The van der Waals surface area contributed by atoms with Crippen molar-refractivity contribution in [2.45, 2.75) is 59.0 Å². The first-order valence-corrected chi connectivity index (χ1v) is 7.07. The van der Waals surface area contributed by atoms with Crippen LogP contribution < -0.4 is 10.6 Å². The second-order valence-electron chi connectivity index (χ2n) is 5.35. The van der Waals surface area contributed by atoms with Crippen molar-refractivity contribution in [3.05, 3.63) is 29.3 Å². The SMILES string of the molecule is CCC(N)Cc1ccc(N(C)C(C)CC)cc1C. The summed E-state index contributed by atoms with van der Waals surface area (Å²) in [4.78, 5) is 2.34. The van der Waals surface area contributed by atoms with E-state index in [0.29, 0.717) is 6.04 Å². The number of hydrogen-bond acceptors (Lipinski definition) is 2. The number of benzene rings is 1. The van der Waals surface area contributed by atoms with E-state index in [1.165, 1.54) is 16.8 Å². The van der Waals surface area contributed by atoms with Crippen LogP contribution in [0.15, 0.2) is 18.2 Å². The van der Waals surface area contributed by atoms with Crippen LogP contribution in [0.5, 0.6) is 0 Å². The molecule has 0 amide bonds. The quantitative estimate of drug-likeness (QED) is 0.834. The van der Waals surface area contributed by atoms with Crippen LogP contribution in [0, 0.1) is 6.92 Å². The van der Waals surface area contributed by atoms with Gasteiger partial charge in [-0.05, 0) is 56.4 Å². The van der Waals surface area contributed by atoms with Gasteiger partial charge in [-0.1, -0.05) is 19.9 Å². The fraction of sp³-hybridized carbons (Fsp3) is 0.625. The van der Waals surface area contributed by atoms with E-state index in [0.717, 1.165) is 19.3 Å². The standard InChI is InChI=1S/C16H28N2/c1-6-13(4)18(5)16-9-8-14(12(3)10-16)11-15(17)7-2/h8-10,13,15H,6-7,11,17H2,1-5H3. The molecule has 18 heavy (non-hydrogen) atoms. The second-order valence-corrected chi connectivity index (χ2v) is 5.35. The second kappa shape index (κ2) is 6.79. The molecule has 0 aliphatic rings. The molecule has 0 aromatic heterocycles. The van der Waals surface area contributed by atoms with E-state index in [4.69, 9.17) is 5.73 Å². The third kappa shape index (κ3) is 3.74. The van der Waals surface area contributed by atoms with Gasteiger partial charge in [-0.15, -0.1) is 0 Å². The minimum absolute atomic E-state index is 0.279. The average Bonchev–Trinajstić information content (AvgIpc) is 2.38. The Labute approximate surface area is 112 Å². The minimum atomic E-state index is 0.279. The first-order valence-electron chi connectivity index (χ1n) is 7.07. The van der Waals surface area contributed by atoms with Crippen molar-refractivity contribution in [1.29, 1.82) is 0 Å². The predicted octanol–water partition coefficient (Wildman–Crippen LogP) is 3.51. The van der Waals surface area contributed by atoms with Gasteiger partial charge in [0, 0.05) is 24.8 Å². The molecule has 0 heterocycles. The molecule has 0 aliphatic heterocycles. The summed E-state index contributed by atoms with van der Waals surface area (Å²) < 4.78 is 0. The Morgan fingerprint density at radius 2 is 1.89 bits per heavy atom. The molecule has 0 bridgehead atoms. The zero-order chi connectivity index (χ0) is 13.7. The Bertz CT molecular complexity index is 373. The summed E-state index contributed by atoms with van der Waals surface area (Å²) in [6, 6.07) is 7.59. The number of aryl methyl sites for hydroxylation is 1. The molecule has 1 aromatic rings. The van der Waals surface area contributed by atoms with Crippen molar-refractivity contribution in [3.8, 4) is 0 Å². The summed E-state index contributed by atoms with van der Waals surface area (Å²) in [5, 5.41) is 0. The molecular weight excluding hydrogens is 220 g/mol. The van der Waals surface area contributed by atoms with Crippen molar-refractivity contribution >= 4 is 5.69 Å². The fourth-order valence-corrected chi connectivity index (χ4v) is 2.08. The summed E-state index contributed by atoms with van der Waals surface area (Å²) in [6.45, 7) is 8.82. The van der Waals surface area contributed by atoms with Crippen LogP contribution in [0.2, 0.25) is 0 Å².